The first kappa shape index (κ1) is 13.3. The summed E-state index contributed by atoms with van der Waals surface area (Å²) >= 11 is 7.28. The van der Waals surface area contributed by atoms with Crippen molar-refractivity contribution in [1.82, 2.24) is 4.98 Å². The van der Waals surface area contributed by atoms with E-state index < -0.39 is 5.97 Å². The molecule has 1 heterocycles. The molecule has 4 nitrogen and oxygen atoms in total. The number of thioether (sulfide) groups is 1. The van der Waals surface area contributed by atoms with Crippen molar-refractivity contribution in [2.24, 2.45) is 0 Å². The van der Waals surface area contributed by atoms with Crippen molar-refractivity contribution in [2.45, 2.75) is 23.6 Å². The van der Waals surface area contributed by atoms with E-state index in [0.29, 0.717) is 11.4 Å². The zero-order valence-electron chi connectivity index (χ0n) is 8.68. The molecule has 6 heteroatoms. The van der Waals surface area contributed by atoms with E-state index in [2.05, 4.69) is 4.98 Å². The molecular formula is C10H12ClNO3S. The van der Waals surface area contributed by atoms with Gasteiger partial charge in [-0.15, -0.1) is 11.8 Å². The summed E-state index contributed by atoms with van der Waals surface area (Å²) in [6, 6.07) is 1.37. The van der Waals surface area contributed by atoms with Gasteiger partial charge in [0, 0.05) is 18.1 Å². The maximum atomic E-state index is 10.8. The molecule has 0 aliphatic rings. The predicted octanol–water partition coefficient (Wildman–Crippen LogP) is 2.30. The van der Waals surface area contributed by atoms with E-state index in [0.717, 1.165) is 0 Å². The summed E-state index contributed by atoms with van der Waals surface area (Å²) in [4.78, 5) is 14.9. The largest absolute Gasteiger partial charge is 0.478 e. The molecule has 0 amide bonds. The van der Waals surface area contributed by atoms with Crippen LogP contribution in [-0.2, 0) is 0 Å². The first-order valence-corrected chi connectivity index (χ1v) is 5.97. The number of nitrogens with zero attached hydrogens (tertiary/aromatic N) is 1. The number of pyridine rings is 1. The normalized spacial score (nSPS) is 12.4. The van der Waals surface area contributed by atoms with Crippen LogP contribution < -0.4 is 0 Å². The summed E-state index contributed by atoms with van der Waals surface area (Å²) in [6.07, 6.45) is 2.03. The highest BCUT2D eigenvalue weighted by atomic mass is 35.5. The van der Waals surface area contributed by atoms with Gasteiger partial charge in [-0.3, -0.25) is 0 Å². The van der Waals surface area contributed by atoms with Crippen LogP contribution in [0.4, 0.5) is 0 Å². The van der Waals surface area contributed by atoms with Gasteiger partial charge in [0.2, 0.25) is 0 Å². The zero-order chi connectivity index (χ0) is 12.1. The van der Waals surface area contributed by atoms with Gasteiger partial charge in [0.05, 0.1) is 10.6 Å². The van der Waals surface area contributed by atoms with E-state index in [1.807, 2.05) is 6.92 Å². The topological polar surface area (TPSA) is 70.4 Å². The van der Waals surface area contributed by atoms with Gasteiger partial charge in [-0.25, -0.2) is 9.78 Å². The Balaban J connectivity index is 2.89. The molecule has 0 aliphatic carbocycles. The van der Waals surface area contributed by atoms with Gasteiger partial charge in [0.15, 0.2) is 0 Å². The van der Waals surface area contributed by atoms with E-state index in [9.17, 15) is 4.79 Å². The Hall–Kier alpha value is -0.780. The van der Waals surface area contributed by atoms with Crippen molar-refractivity contribution in [3.8, 4) is 0 Å². The number of hydrogen-bond donors (Lipinski definition) is 2. The van der Waals surface area contributed by atoms with Crippen LogP contribution in [0.25, 0.3) is 0 Å². The Morgan fingerprint density at radius 3 is 2.94 bits per heavy atom. The van der Waals surface area contributed by atoms with E-state index in [4.69, 9.17) is 21.8 Å². The Bertz CT molecular complexity index is 386. The number of carbonyl (C=O) groups is 1. The number of aliphatic hydroxyl groups excluding tert-OH is 1. The molecule has 0 bridgehead atoms. The van der Waals surface area contributed by atoms with Gasteiger partial charge in [-0.05, 0) is 12.5 Å². The molecular weight excluding hydrogens is 250 g/mol. The molecule has 0 aliphatic heterocycles. The summed E-state index contributed by atoms with van der Waals surface area (Å²) in [5, 5.41) is 18.4. The fraction of sp³-hybridized carbons (Fsp3) is 0.400. The highest BCUT2D eigenvalue weighted by molar-refractivity contribution is 7.99. The minimum absolute atomic E-state index is 0.0513. The van der Waals surface area contributed by atoms with Crippen molar-refractivity contribution in [1.29, 1.82) is 0 Å². The average molecular weight is 262 g/mol. The van der Waals surface area contributed by atoms with Crippen LogP contribution in [-0.4, -0.2) is 33.0 Å². The number of halogens is 1. The third-order valence-corrected chi connectivity index (χ3v) is 3.60. The standard InChI is InChI=1S/C10H12ClNO3S/c1-6(3-5-13)16-9-8(11)7(10(14)15)2-4-12-9/h2,4,6,13H,3,5H2,1H3,(H,14,15). The fourth-order valence-corrected chi connectivity index (χ4v) is 2.37. The molecule has 88 valence electrons. The Kier molecular flexibility index (Phi) is 5.05. The van der Waals surface area contributed by atoms with Crippen LogP contribution in [0, 0.1) is 0 Å². The number of aromatic carboxylic acids is 1. The van der Waals surface area contributed by atoms with Gasteiger partial charge in [-0.2, -0.15) is 0 Å². The van der Waals surface area contributed by atoms with E-state index >= 15 is 0 Å². The summed E-state index contributed by atoms with van der Waals surface area (Å²) in [5.74, 6) is -1.07. The summed E-state index contributed by atoms with van der Waals surface area (Å²) < 4.78 is 0. The number of carboxylic acid groups (broad SMARTS) is 1. The Morgan fingerprint density at radius 2 is 2.38 bits per heavy atom. The molecule has 1 rings (SSSR count). The predicted molar refractivity (Wildman–Crippen MR) is 63.2 cm³/mol. The van der Waals surface area contributed by atoms with Gasteiger partial charge in [0.25, 0.3) is 0 Å². The Morgan fingerprint density at radius 1 is 1.69 bits per heavy atom. The minimum atomic E-state index is -1.07. The van der Waals surface area contributed by atoms with Crippen LogP contribution in [0.3, 0.4) is 0 Å². The van der Waals surface area contributed by atoms with Crippen molar-refractivity contribution >= 4 is 29.3 Å². The highest BCUT2D eigenvalue weighted by Crippen LogP contribution is 2.31. The maximum absolute atomic E-state index is 10.8. The molecule has 1 aromatic rings. The number of rotatable bonds is 5. The molecule has 16 heavy (non-hydrogen) atoms. The maximum Gasteiger partial charge on any atom is 0.337 e. The lowest BCUT2D eigenvalue weighted by Gasteiger charge is -2.10. The second kappa shape index (κ2) is 6.08. The van der Waals surface area contributed by atoms with Crippen LogP contribution in [0.1, 0.15) is 23.7 Å². The van der Waals surface area contributed by atoms with Crippen LogP contribution in [0.15, 0.2) is 17.3 Å². The molecule has 0 saturated carbocycles. The second-order valence-corrected chi connectivity index (χ2v) is 5.03. The van der Waals surface area contributed by atoms with Crippen molar-refractivity contribution in [3.05, 3.63) is 22.8 Å². The van der Waals surface area contributed by atoms with Crippen LogP contribution in [0.5, 0.6) is 0 Å². The molecule has 1 aromatic heterocycles. The zero-order valence-corrected chi connectivity index (χ0v) is 10.3. The third-order valence-electron chi connectivity index (χ3n) is 1.94. The van der Waals surface area contributed by atoms with E-state index in [1.54, 1.807) is 0 Å². The summed E-state index contributed by atoms with van der Waals surface area (Å²) in [7, 11) is 0. The molecule has 0 saturated heterocycles. The van der Waals surface area contributed by atoms with Gasteiger partial charge in [0.1, 0.15) is 5.03 Å². The smallest absolute Gasteiger partial charge is 0.337 e. The first-order chi connectivity index (χ1) is 7.56. The lowest BCUT2D eigenvalue weighted by Crippen LogP contribution is -2.03. The Labute approximate surface area is 103 Å². The quantitative estimate of drug-likeness (QED) is 0.796. The third kappa shape index (κ3) is 3.37. The first-order valence-electron chi connectivity index (χ1n) is 4.71. The second-order valence-electron chi connectivity index (χ2n) is 3.22. The molecule has 1 atom stereocenters. The van der Waals surface area contributed by atoms with E-state index in [1.165, 1.54) is 24.0 Å². The highest BCUT2D eigenvalue weighted by Gasteiger charge is 2.15. The molecule has 1 unspecified atom stereocenters. The van der Waals surface area contributed by atoms with Crippen LogP contribution in [0.2, 0.25) is 5.02 Å². The molecule has 0 spiro atoms. The lowest BCUT2D eigenvalue weighted by molar-refractivity contribution is 0.0696. The van der Waals surface area contributed by atoms with Crippen molar-refractivity contribution in [3.63, 3.8) is 0 Å². The SMILES string of the molecule is CC(CCO)Sc1nccc(C(=O)O)c1Cl. The molecule has 0 radical (unpaired) electrons. The van der Waals surface area contributed by atoms with Crippen molar-refractivity contribution in [2.75, 3.05) is 6.61 Å². The average Bonchev–Trinajstić information content (AvgIpc) is 2.21. The fourth-order valence-electron chi connectivity index (χ4n) is 1.10. The molecule has 0 fully saturated rings. The van der Waals surface area contributed by atoms with Gasteiger partial charge in [-0.1, -0.05) is 18.5 Å². The van der Waals surface area contributed by atoms with E-state index in [-0.39, 0.29) is 22.4 Å². The number of aliphatic hydroxyl groups is 1. The minimum Gasteiger partial charge on any atom is -0.478 e. The van der Waals surface area contributed by atoms with Gasteiger partial charge < -0.3 is 10.2 Å². The lowest BCUT2D eigenvalue weighted by atomic mass is 10.3. The number of carboxylic acids is 1. The number of hydrogen-bond acceptors (Lipinski definition) is 4. The van der Waals surface area contributed by atoms with Crippen LogP contribution >= 0.6 is 23.4 Å². The number of aromatic nitrogens is 1. The summed E-state index contributed by atoms with van der Waals surface area (Å²) in [6.45, 7) is 2.01. The van der Waals surface area contributed by atoms with Crippen molar-refractivity contribution < 1.29 is 15.0 Å². The summed E-state index contributed by atoms with van der Waals surface area (Å²) in [5.41, 5.74) is 0.0513. The van der Waals surface area contributed by atoms with Gasteiger partial charge >= 0.3 is 5.97 Å². The monoisotopic (exact) mass is 261 g/mol. The molecule has 2 N–H and O–H groups in total. The molecule has 0 aromatic carbocycles.